The molecule has 0 fully saturated rings. The number of aryl methyl sites for hydroxylation is 1. The second-order valence-corrected chi connectivity index (χ2v) is 6.77. The van der Waals surface area contributed by atoms with Gasteiger partial charge >= 0.3 is 5.97 Å². The van der Waals surface area contributed by atoms with Crippen LogP contribution in [0.15, 0.2) is 23.6 Å². The van der Waals surface area contributed by atoms with Crippen molar-refractivity contribution < 1.29 is 23.9 Å². The van der Waals surface area contributed by atoms with Crippen molar-refractivity contribution >= 4 is 39.9 Å². The molecule has 2 amide bonds. The summed E-state index contributed by atoms with van der Waals surface area (Å²) in [6.45, 7) is 3.69. The average molecular weight is 389 g/mol. The van der Waals surface area contributed by atoms with Gasteiger partial charge in [0.15, 0.2) is 11.7 Å². The number of nitrogens with one attached hydrogen (secondary N) is 1. The Labute approximate surface area is 160 Å². The monoisotopic (exact) mass is 389 g/mol. The Morgan fingerprint density at radius 2 is 2.22 bits per heavy atom. The second-order valence-electron chi connectivity index (χ2n) is 5.91. The maximum absolute atomic E-state index is 12.4. The van der Waals surface area contributed by atoms with Crippen LogP contribution in [0, 0.1) is 6.92 Å². The van der Waals surface area contributed by atoms with Crippen molar-refractivity contribution in [3.8, 4) is 5.75 Å². The molecule has 2 aromatic rings. The molecule has 27 heavy (non-hydrogen) atoms. The van der Waals surface area contributed by atoms with Gasteiger partial charge in [-0.15, -0.1) is 11.3 Å². The van der Waals surface area contributed by atoms with Crippen LogP contribution in [-0.4, -0.2) is 42.5 Å². The molecule has 0 atom stereocenters. The molecule has 0 saturated carbocycles. The zero-order valence-electron chi connectivity index (χ0n) is 15.0. The van der Waals surface area contributed by atoms with E-state index in [2.05, 4.69) is 10.3 Å². The van der Waals surface area contributed by atoms with Gasteiger partial charge in [0.1, 0.15) is 12.3 Å². The van der Waals surface area contributed by atoms with Crippen LogP contribution in [0.1, 0.15) is 18.2 Å². The first-order valence-electron chi connectivity index (χ1n) is 8.40. The maximum atomic E-state index is 12.4. The fraction of sp³-hybridized carbons (Fsp3) is 0.333. The number of anilines is 2. The molecule has 1 aromatic heterocycles. The maximum Gasteiger partial charge on any atom is 0.311 e. The van der Waals surface area contributed by atoms with Gasteiger partial charge in [0.25, 0.3) is 5.91 Å². The van der Waals surface area contributed by atoms with Crippen LogP contribution < -0.4 is 15.0 Å². The Balaban J connectivity index is 1.65. The lowest BCUT2D eigenvalue weighted by atomic mass is 10.1. The van der Waals surface area contributed by atoms with Crippen molar-refractivity contribution in [1.29, 1.82) is 0 Å². The first-order chi connectivity index (χ1) is 13.0. The van der Waals surface area contributed by atoms with Crippen molar-refractivity contribution in [2.24, 2.45) is 0 Å². The second kappa shape index (κ2) is 8.17. The summed E-state index contributed by atoms with van der Waals surface area (Å²) in [6, 6.07) is 5.47. The van der Waals surface area contributed by atoms with Gasteiger partial charge in [-0.2, -0.15) is 0 Å². The Morgan fingerprint density at radius 3 is 3.00 bits per heavy atom. The molecule has 3 rings (SSSR count). The molecule has 0 saturated heterocycles. The van der Waals surface area contributed by atoms with Crippen LogP contribution >= 0.6 is 11.3 Å². The molecule has 2 heterocycles. The molecule has 1 aliphatic rings. The number of esters is 1. The summed E-state index contributed by atoms with van der Waals surface area (Å²) < 4.78 is 10.3. The van der Waals surface area contributed by atoms with Crippen molar-refractivity contribution in [3.05, 3.63) is 34.8 Å². The lowest BCUT2D eigenvalue weighted by Crippen LogP contribution is -2.43. The summed E-state index contributed by atoms with van der Waals surface area (Å²) >= 11 is 1.21. The molecule has 1 N–H and O–H groups in total. The number of ether oxygens (including phenoxy) is 2. The van der Waals surface area contributed by atoms with E-state index in [0.29, 0.717) is 28.9 Å². The summed E-state index contributed by atoms with van der Waals surface area (Å²) in [4.78, 5) is 41.7. The standard InChI is InChI=1S/C18H19N3O5S/c1-3-25-17(24)7-12-10-27-18(19-12)20-15(22)8-21-13-6-11(2)4-5-14(13)26-9-16(21)23/h4-6,10H,3,7-9H2,1-2H3,(H,19,20,22). The Kier molecular flexibility index (Phi) is 5.70. The van der Waals surface area contributed by atoms with Gasteiger partial charge in [0.05, 0.1) is 24.4 Å². The molecule has 142 valence electrons. The normalized spacial score (nSPS) is 13.0. The fourth-order valence-electron chi connectivity index (χ4n) is 2.59. The highest BCUT2D eigenvalue weighted by molar-refractivity contribution is 7.13. The van der Waals surface area contributed by atoms with Gasteiger partial charge in [-0.25, -0.2) is 4.98 Å². The lowest BCUT2D eigenvalue weighted by Gasteiger charge is -2.29. The number of nitrogens with zero attached hydrogens (tertiary/aromatic N) is 2. The summed E-state index contributed by atoms with van der Waals surface area (Å²) in [5.74, 6) is -0.467. The highest BCUT2D eigenvalue weighted by Gasteiger charge is 2.27. The average Bonchev–Trinajstić information content (AvgIpc) is 3.04. The third kappa shape index (κ3) is 4.62. The molecule has 0 unspecified atom stereocenters. The quantitative estimate of drug-likeness (QED) is 0.758. The SMILES string of the molecule is CCOC(=O)Cc1csc(NC(=O)CN2C(=O)COc3ccc(C)cc32)n1. The van der Waals surface area contributed by atoms with Gasteiger partial charge < -0.3 is 14.8 Å². The zero-order valence-corrected chi connectivity index (χ0v) is 15.8. The van der Waals surface area contributed by atoms with Crippen LogP contribution in [0.4, 0.5) is 10.8 Å². The van der Waals surface area contributed by atoms with Gasteiger partial charge in [-0.05, 0) is 31.5 Å². The van der Waals surface area contributed by atoms with Gasteiger partial charge in [-0.3, -0.25) is 19.3 Å². The van der Waals surface area contributed by atoms with E-state index in [1.165, 1.54) is 16.2 Å². The number of carbonyl (C=O) groups excluding carboxylic acids is 3. The van der Waals surface area contributed by atoms with E-state index in [-0.39, 0.29) is 37.4 Å². The van der Waals surface area contributed by atoms with Gasteiger partial charge in [0, 0.05) is 5.38 Å². The number of thiazole rings is 1. The third-order valence-corrected chi connectivity index (χ3v) is 4.59. The minimum Gasteiger partial charge on any atom is -0.482 e. The Bertz CT molecular complexity index is 880. The van der Waals surface area contributed by atoms with E-state index in [9.17, 15) is 14.4 Å². The van der Waals surface area contributed by atoms with E-state index < -0.39 is 0 Å². The molecule has 1 aliphatic heterocycles. The number of rotatable bonds is 6. The number of amides is 2. The van der Waals surface area contributed by atoms with E-state index >= 15 is 0 Å². The van der Waals surface area contributed by atoms with Crippen molar-refractivity contribution in [3.63, 3.8) is 0 Å². The van der Waals surface area contributed by atoms with Crippen LogP contribution in [-0.2, 0) is 25.5 Å². The van der Waals surface area contributed by atoms with Crippen molar-refractivity contribution in [2.75, 3.05) is 30.0 Å². The minimum atomic E-state index is -0.380. The summed E-state index contributed by atoms with van der Waals surface area (Å²) in [5, 5.41) is 4.71. The molecule has 8 nitrogen and oxygen atoms in total. The van der Waals surface area contributed by atoms with E-state index in [4.69, 9.17) is 9.47 Å². The molecule has 0 radical (unpaired) electrons. The third-order valence-electron chi connectivity index (χ3n) is 3.79. The van der Waals surface area contributed by atoms with Crippen LogP contribution in [0.3, 0.4) is 0 Å². The van der Waals surface area contributed by atoms with Crippen LogP contribution in [0.2, 0.25) is 0 Å². The molecule has 0 bridgehead atoms. The Hall–Kier alpha value is -2.94. The predicted molar refractivity (Wildman–Crippen MR) is 100 cm³/mol. The molecule has 1 aromatic carbocycles. The van der Waals surface area contributed by atoms with Crippen molar-refractivity contribution in [1.82, 2.24) is 4.98 Å². The summed E-state index contributed by atoms with van der Waals surface area (Å²) in [5.41, 5.74) is 2.06. The lowest BCUT2D eigenvalue weighted by molar-refractivity contribution is -0.142. The molecule has 0 spiro atoms. The van der Waals surface area contributed by atoms with Crippen LogP contribution in [0.5, 0.6) is 5.75 Å². The predicted octanol–water partition coefficient (Wildman–Crippen LogP) is 1.92. The number of fused-ring (bicyclic) bond motifs is 1. The van der Waals surface area contributed by atoms with Crippen molar-refractivity contribution in [2.45, 2.75) is 20.3 Å². The number of hydrogen-bond acceptors (Lipinski definition) is 7. The van der Waals surface area contributed by atoms with E-state index in [1.54, 1.807) is 24.4 Å². The molecule has 0 aliphatic carbocycles. The van der Waals surface area contributed by atoms with E-state index in [0.717, 1.165) is 5.56 Å². The van der Waals surface area contributed by atoms with Gasteiger partial charge in [-0.1, -0.05) is 6.07 Å². The van der Waals surface area contributed by atoms with Crippen LogP contribution in [0.25, 0.3) is 0 Å². The largest absolute Gasteiger partial charge is 0.482 e. The topological polar surface area (TPSA) is 97.8 Å². The number of aromatic nitrogens is 1. The fourth-order valence-corrected chi connectivity index (χ4v) is 3.32. The highest BCUT2D eigenvalue weighted by atomic mass is 32.1. The van der Waals surface area contributed by atoms with Gasteiger partial charge in [0.2, 0.25) is 5.91 Å². The highest BCUT2D eigenvalue weighted by Crippen LogP contribution is 2.32. The molecular weight excluding hydrogens is 370 g/mol. The van der Waals surface area contributed by atoms with E-state index in [1.807, 2.05) is 13.0 Å². The number of hydrogen-bond donors (Lipinski definition) is 1. The number of carbonyl (C=O) groups is 3. The zero-order chi connectivity index (χ0) is 19.4. The smallest absolute Gasteiger partial charge is 0.311 e. The Morgan fingerprint density at radius 1 is 1.41 bits per heavy atom. The minimum absolute atomic E-state index is 0.0504. The first kappa shape index (κ1) is 18.8. The molecular formula is C18H19N3O5S. The number of benzene rings is 1. The summed E-state index contributed by atoms with van der Waals surface area (Å²) in [6.07, 6.45) is 0.0504. The molecule has 9 heteroatoms. The summed E-state index contributed by atoms with van der Waals surface area (Å²) in [7, 11) is 0. The first-order valence-corrected chi connectivity index (χ1v) is 9.28.